The Balaban J connectivity index is 1.23. The topological polar surface area (TPSA) is 102 Å². The Morgan fingerprint density at radius 1 is 1.29 bits per heavy atom. The van der Waals surface area contributed by atoms with E-state index < -0.39 is 9.71 Å². The predicted octanol–water partition coefficient (Wildman–Crippen LogP) is 3.38. The van der Waals surface area contributed by atoms with Crippen LogP contribution in [-0.2, 0) is 15.9 Å². The van der Waals surface area contributed by atoms with E-state index in [0.29, 0.717) is 34.6 Å². The number of fused-ring (bicyclic) bond motifs is 3. The normalized spacial score (nSPS) is 31.7. The fourth-order valence-corrected chi connectivity index (χ4v) is 5.76. The van der Waals surface area contributed by atoms with Gasteiger partial charge in [0.2, 0.25) is 0 Å². The number of aromatic amines is 1. The lowest BCUT2D eigenvalue weighted by Gasteiger charge is -2.23. The zero-order valence-corrected chi connectivity index (χ0v) is 19.3. The van der Waals surface area contributed by atoms with Crippen LogP contribution in [0.4, 0.5) is 5.82 Å². The third-order valence-corrected chi connectivity index (χ3v) is 8.13. The van der Waals surface area contributed by atoms with Crippen LogP contribution in [0.2, 0.25) is 5.02 Å². The van der Waals surface area contributed by atoms with Crippen LogP contribution in [0.15, 0.2) is 30.3 Å². The van der Waals surface area contributed by atoms with Crippen molar-refractivity contribution in [2.45, 2.75) is 40.8 Å². The summed E-state index contributed by atoms with van der Waals surface area (Å²) in [5.41, 5.74) is 3.84. The number of nitrogens with one attached hydrogen (secondary N) is 2. The van der Waals surface area contributed by atoms with Gasteiger partial charge in [-0.2, -0.15) is 4.98 Å². The maximum absolute atomic E-state index is 10.1. The van der Waals surface area contributed by atoms with Gasteiger partial charge in [-0.15, -0.1) is 0 Å². The number of aryl methyl sites for hydroxylation is 1. The molecule has 5 atom stereocenters. The number of hydrogen-bond acceptors (Lipinski definition) is 7. The Morgan fingerprint density at radius 3 is 3.06 bits per heavy atom. The summed E-state index contributed by atoms with van der Waals surface area (Å²) in [7, 11) is 0. The number of halogens is 2. The van der Waals surface area contributed by atoms with Crippen LogP contribution in [-0.4, -0.2) is 55.2 Å². The molecule has 1 aromatic carbocycles. The van der Waals surface area contributed by atoms with Crippen molar-refractivity contribution >= 4 is 51.2 Å². The van der Waals surface area contributed by atoms with Gasteiger partial charge in [0.1, 0.15) is 18.0 Å². The minimum atomic E-state index is -0.787. The molecule has 3 aromatic rings. The van der Waals surface area contributed by atoms with Crippen molar-refractivity contribution in [3.05, 3.63) is 46.5 Å². The summed E-state index contributed by atoms with van der Waals surface area (Å²) < 4.78 is 16.7. The molecule has 3 N–H and O–H groups in total. The van der Waals surface area contributed by atoms with E-state index in [1.165, 1.54) is 11.1 Å². The number of H-pyrrole nitrogens is 1. The first-order chi connectivity index (χ1) is 15.0. The van der Waals surface area contributed by atoms with Crippen molar-refractivity contribution in [1.29, 1.82) is 0 Å². The second-order valence-corrected chi connectivity index (χ2v) is 10.2. The van der Waals surface area contributed by atoms with Crippen LogP contribution in [0.3, 0.4) is 0 Å². The SMILES string of the molecule is O[C@@H]1CO[C@@H]2[C@H](Oc3nc4nc(NC5CCc6ccccc65)c(Cl)cc4[nH]3)CO[C@]12I. The van der Waals surface area contributed by atoms with Gasteiger partial charge in [-0.05, 0) is 52.6 Å². The molecule has 2 saturated heterocycles. The molecule has 0 bridgehead atoms. The van der Waals surface area contributed by atoms with Gasteiger partial charge in [0.25, 0.3) is 6.01 Å². The van der Waals surface area contributed by atoms with Crippen molar-refractivity contribution in [3.8, 4) is 6.01 Å². The molecule has 8 nitrogen and oxygen atoms in total. The van der Waals surface area contributed by atoms with Crippen LogP contribution in [0, 0.1) is 0 Å². The second kappa shape index (κ2) is 7.45. The van der Waals surface area contributed by atoms with E-state index in [1.54, 1.807) is 6.07 Å². The van der Waals surface area contributed by atoms with E-state index in [-0.39, 0.29) is 24.9 Å². The molecule has 3 aliphatic rings. The fourth-order valence-electron chi connectivity index (χ4n) is 4.61. The van der Waals surface area contributed by atoms with Gasteiger partial charge in [0.05, 0.1) is 29.8 Å². The van der Waals surface area contributed by atoms with Gasteiger partial charge in [-0.1, -0.05) is 35.9 Å². The summed E-state index contributed by atoms with van der Waals surface area (Å²) in [6.45, 7) is 0.536. The van der Waals surface area contributed by atoms with Crippen LogP contribution in [0.5, 0.6) is 6.01 Å². The molecule has 0 radical (unpaired) electrons. The average Bonchev–Trinajstić information content (AvgIpc) is 3.49. The number of nitrogens with zero attached hydrogens (tertiary/aromatic N) is 2. The number of imidazole rings is 1. The molecular weight excluding hydrogens is 535 g/mol. The van der Waals surface area contributed by atoms with Gasteiger partial charge in [-0.25, -0.2) is 4.98 Å². The second-order valence-electron chi connectivity index (χ2n) is 8.10. The number of aromatic nitrogens is 3. The Labute approximate surface area is 196 Å². The summed E-state index contributed by atoms with van der Waals surface area (Å²) in [5, 5.41) is 14.1. The minimum absolute atomic E-state index is 0.173. The molecule has 0 amide bonds. The highest BCUT2D eigenvalue weighted by molar-refractivity contribution is 14.1. The predicted molar refractivity (Wildman–Crippen MR) is 123 cm³/mol. The first-order valence-corrected chi connectivity index (χ1v) is 11.7. The Hall–Kier alpha value is -1.66. The van der Waals surface area contributed by atoms with E-state index in [0.717, 1.165) is 12.8 Å². The van der Waals surface area contributed by atoms with Crippen LogP contribution in [0.1, 0.15) is 23.6 Å². The highest BCUT2D eigenvalue weighted by atomic mass is 127. The minimum Gasteiger partial charge on any atom is -0.456 e. The number of rotatable bonds is 4. The van der Waals surface area contributed by atoms with Crippen molar-refractivity contribution in [2.24, 2.45) is 0 Å². The van der Waals surface area contributed by atoms with Gasteiger partial charge < -0.3 is 29.6 Å². The molecule has 2 aromatic heterocycles. The van der Waals surface area contributed by atoms with Gasteiger partial charge in [-0.3, -0.25) is 0 Å². The van der Waals surface area contributed by atoms with Crippen LogP contribution in [0.25, 0.3) is 11.2 Å². The van der Waals surface area contributed by atoms with E-state index in [1.807, 2.05) is 0 Å². The number of benzene rings is 1. The quantitative estimate of drug-likeness (QED) is 0.336. The molecule has 6 rings (SSSR count). The first kappa shape index (κ1) is 20.0. The molecule has 1 aliphatic carbocycles. The molecule has 2 fully saturated rings. The van der Waals surface area contributed by atoms with E-state index >= 15 is 0 Å². The third kappa shape index (κ3) is 3.29. The molecule has 10 heteroatoms. The largest absolute Gasteiger partial charge is 0.456 e. The zero-order chi connectivity index (χ0) is 21.2. The van der Waals surface area contributed by atoms with Gasteiger partial charge in [0.15, 0.2) is 15.4 Å². The number of hydrogen-bond donors (Lipinski definition) is 3. The molecule has 1 unspecified atom stereocenters. The van der Waals surface area contributed by atoms with Crippen LogP contribution < -0.4 is 10.1 Å². The summed E-state index contributed by atoms with van der Waals surface area (Å²) in [6, 6.07) is 10.7. The van der Waals surface area contributed by atoms with E-state index in [9.17, 15) is 5.11 Å². The summed E-state index contributed by atoms with van der Waals surface area (Å²) in [4.78, 5) is 12.2. The number of ether oxygens (including phenoxy) is 3. The van der Waals surface area contributed by atoms with Crippen molar-refractivity contribution < 1.29 is 19.3 Å². The molecule has 0 spiro atoms. The molecule has 31 heavy (non-hydrogen) atoms. The smallest absolute Gasteiger partial charge is 0.296 e. The lowest BCUT2D eigenvalue weighted by molar-refractivity contribution is 0.000698. The van der Waals surface area contributed by atoms with E-state index in [2.05, 4.69) is 67.1 Å². The monoisotopic (exact) mass is 554 g/mol. The van der Waals surface area contributed by atoms with E-state index in [4.69, 9.17) is 25.8 Å². The number of aliphatic hydroxyl groups is 1. The maximum atomic E-state index is 10.1. The summed E-state index contributed by atoms with van der Waals surface area (Å²) in [5.74, 6) is 0.603. The average molecular weight is 555 g/mol. The van der Waals surface area contributed by atoms with Gasteiger partial charge in [0, 0.05) is 0 Å². The van der Waals surface area contributed by atoms with Crippen molar-refractivity contribution in [1.82, 2.24) is 15.0 Å². The Bertz CT molecular complexity index is 1160. The lowest BCUT2D eigenvalue weighted by atomic mass is 10.1. The highest BCUT2D eigenvalue weighted by Gasteiger charge is 2.59. The Morgan fingerprint density at radius 2 is 2.16 bits per heavy atom. The van der Waals surface area contributed by atoms with Crippen LogP contribution >= 0.6 is 34.2 Å². The summed E-state index contributed by atoms with van der Waals surface area (Å²) in [6.07, 6.45) is 0.604. The van der Waals surface area contributed by atoms with Gasteiger partial charge >= 0.3 is 0 Å². The molecule has 0 saturated carbocycles. The molecular formula is C21H20ClIN4O4. The molecule has 2 aliphatic heterocycles. The number of anilines is 1. The maximum Gasteiger partial charge on any atom is 0.296 e. The van der Waals surface area contributed by atoms with Crippen molar-refractivity contribution in [2.75, 3.05) is 18.5 Å². The first-order valence-electron chi connectivity index (χ1n) is 10.2. The number of pyridine rings is 1. The lowest BCUT2D eigenvalue weighted by Crippen LogP contribution is -2.42. The number of aliphatic hydroxyl groups excluding tert-OH is 1. The third-order valence-electron chi connectivity index (χ3n) is 6.19. The molecule has 162 valence electrons. The number of alkyl halides is 1. The zero-order valence-electron chi connectivity index (χ0n) is 16.3. The highest BCUT2D eigenvalue weighted by Crippen LogP contribution is 2.44. The molecule has 4 heterocycles. The van der Waals surface area contributed by atoms with Crippen molar-refractivity contribution in [3.63, 3.8) is 0 Å². The standard InChI is InChI=1S/C21H20ClIN4O4/c22-12-7-14-19(26-18(12)24-13-6-5-10-3-1-2-4-11(10)13)27-20(25-14)31-15-8-30-21(23)16(28)9-29-17(15)21/h1-4,7,13,15-17,28H,5-6,8-9H2,(H2,24,25,26,27)/t13?,15-,16-,17-,21-/m1/s1. The summed E-state index contributed by atoms with van der Waals surface area (Å²) >= 11 is 8.62. The Kier molecular flexibility index (Phi) is 4.80. The fraction of sp³-hybridized carbons (Fsp3) is 0.429.